The van der Waals surface area contributed by atoms with Crippen LogP contribution in [0.2, 0.25) is 0 Å². The van der Waals surface area contributed by atoms with Crippen molar-refractivity contribution < 1.29 is 14.3 Å². The summed E-state index contributed by atoms with van der Waals surface area (Å²) in [4.78, 5) is 11.1. The summed E-state index contributed by atoms with van der Waals surface area (Å²) in [5, 5.41) is 0. The fourth-order valence-corrected chi connectivity index (χ4v) is 1.30. The summed E-state index contributed by atoms with van der Waals surface area (Å²) in [5.74, 6) is -0.0810. The third-order valence-corrected chi connectivity index (χ3v) is 2.17. The van der Waals surface area contributed by atoms with E-state index in [1.165, 1.54) is 6.07 Å². The van der Waals surface area contributed by atoms with Crippen molar-refractivity contribution in [2.75, 3.05) is 18.9 Å². The molecule has 1 heterocycles. The van der Waals surface area contributed by atoms with Crippen LogP contribution in [0.25, 0.3) is 0 Å². The van der Waals surface area contributed by atoms with Crippen molar-refractivity contribution >= 4 is 11.6 Å². The first-order valence-electron chi connectivity index (χ1n) is 4.60. The summed E-state index contributed by atoms with van der Waals surface area (Å²) in [7, 11) is 0. The molecule has 1 aliphatic heterocycles. The molecular weight excluding hydrogens is 196 g/mol. The average molecular weight is 208 g/mol. The topological polar surface area (TPSA) is 87.6 Å². The fraction of sp³-hybridized carbons (Fsp3) is 0.300. The van der Waals surface area contributed by atoms with Crippen LogP contribution in [-0.4, -0.2) is 25.2 Å². The van der Waals surface area contributed by atoms with Gasteiger partial charge in [0.1, 0.15) is 11.9 Å². The van der Waals surface area contributed by atoms with E-state index in [0.717, 1.165) is 0 Å². The smallest absolute Gasteiger partial charge is 0.252 e. The van der Waals surface area contributed by atoms with Gasteiger partial charge in [-0.2, -0.15) is 0 Å². The lowest BCUT2D eigenvalue weighted by atomic mass is 10.1. The third kappa shape index (κ3) is 2.02. The number of hydrogen-bond donors (Lipinski definition) is 2. The number of rotatable bonds is 3. The zero-order valence-electron chi connectivity index (χ0n) is 8.10. The molecule has 5 heteroatoms. The molecule has 2 rings (SSSR count). The molecule has 5 nitrogen and oxygen atoms in total. The minimum atomic E-state index is -0.544. The Morgan fingerprint density at radius 2 is 2.20 bits per heavy atom. The van der Waals surface area contributed by atoms with Crippen LogP contribution in [-0.2, 0) is 4.74 Å². The van der Waals surface area contributed by atoms with Gasteiger partial charge >= 0.3 is 0 Å². The monoisotopic (exact) mass is 208 g/mol. The molecule has 0 spiro atoms. The van der Waals surface area contributed by atoms with Crippen molar-refractivity contribution in [3.05, 3.63) is 23.8 Å². The maximum Gasteiger partial charge on any atom is 0.252 e. The van der Waals surface area contributed by atoms with Crippen LogP contribution in [0.3, 0.4) is 0 Å². The first-order chi connectivity index (χ1) is 7.16. The lowest BCUT2D eigenvalue weighted by Gasteiger charge is -2.27. The van der Waals surface area contributed by atoms with Crippen LogP contribution in [0.4, 0.5) is 5.69 Å². The van der Waals surface area contributed by atoms with Gasteiger partial charge in [-0.25, -0.2) is 0 Å². The number of benzene rings is 1. The molecule has 0 saturated carbocycles. The molecule has 1 amide bonds. The Hall–Kier alpha value is -1.75. The molecule has 1 aromatic rings. The SMILES string of the molecule is NC(=O)c1cc(N)ccc1OC1COC1. The fourth-order valence-electron chi connectivity index (χ4n) is 1.30. The van der Waals surface area contributed by atoms with Crippen LogP contribution in [0.1, 0.15) is 10.4 Å². The summed E-state index contributed by atoms with van der Waals surface area (Å²) in [6.07, 6.45) is 0.00623. The molecule has 0 aliphatic carbocycles. The van der Waals surface area contributed by atoms with Gasteiger partial charge in [0, 0.05) is 5.69 Å². The Bertz CT molecular complexity index is 388. The predicted molar refractivity (Wildman–Crippen MR) is 54.6 cm³/mol. The Morgan fingerprint density at radius 1 is 1.47 bits per heavy atom. The summed E-state index contributed by atoms with van der Waals surface area (Å²) in [6, 6.07) is 4.83. The zero-order chi connectivity index (χ0) is 10.8. The molecule has 4 N–H and O–H groups in total. The van der Waals surface area contributed by atoms with Crippen LogP contribution in [0.5, 0.6) is 5.75 Å². The van der Waals surface area contributed by atoms with Crippen molar-refractivity contribution in [3.63, 3.8) is 0 Å². The highest BCUT2D eigenvalue weighted by molar-refractivity contribution is 5.96. The van der Waals surface area contributed by atoms with Gasteiger partial charge < -0.3 is 20.9 Å². The van der Waals surface area contributed by atoms with Crippen LogP contribution in [0, 0.1) is 0 Å². The van der Waals surface area contributed by atoms with Gasteiger partial charge in [0.05, 0.1) is 18.8 Å². The van der Waals surface area contributed by atoms with E-state index in [0.29, 0.717) is 30.2 Å². The lowest BCUT2D eigenvalue weighted by molar-refractivity contribution is -0.0798. The number of nitrogens with two attached hydrogens (primary N) is 2. The van der Waals surface area contributed by atoms with Crippen molar-refractivity contribution in [2.24, 2.45) is 5.73 Å². The highest BCUT2D eigenvalue weighted by Crippen LogP contribution is 2.23. The van der Waals surface area contributed by atoms with E-state index in [9.17, 15) is 4.79 Å². The molecule has 0 unspecified atom stereocenters. The summed E-state index contributed by atoms with van der Waals surface area (Å²) in [5.41, 5.74) is 11.6. The Labute approximate surface area is 87.0 Å². The number of nitrogen functional groups attached to an aromatic ring is 1. The van der Waals surface area contributed by atoms with E-state index in [-0.39, 0.29) is 6.10 Å². The molecule has 1 fully saturated rings. The highest BCUT2D eigenvalue weighted by Gasteiger charge is 2.22. The number of carbonyl (C=O) groups is 1. The summed E-state index contributed by atoms with van der Waals surface area (Å²) >= 11 is 0. The van der Waals surface area contributed by atoms with Crippen LogP contribution >= 0.6 is 0 Å². The molecule has 1 saturated heterocycles. The van der Waals surface area contributed by atoms with E-state index >= 15 is 0 Å². The summed E-state index contributed by atoms with van der Waals surface area (Å²) < 4.78 is 10.5. The first-order valence-corrected chi connectivity index (χ1v) is 4.60. The van der Waals surface area contributed by atoms with Gasteiger partial charge in [-0.15, -0.1) is 0 Å². The van der Waals surface area contributed by atoms with E-state index in [1.807, 2.05) is 0 Å². The molecule has 0 atom stereocenters. The van der Waals surface area contributed by atoms with Crippen molar-refractivity contribution in [3.8, 4) is 5.75 Å². The Morgan fingerprint density at radius 3 is 2.73 bits per heavy atom. The molecule has 1 aliphatic rings. The summed E-state index contributed by atoms with van der Waals surface area (Å²) in [6.45, 7) is 1.09. The second kappa shape index (κ2) is 3.78. The largest absolute Gasteiger partial charge is 0.485 e. The third-order valence-electron chi connectivity index (χ3n) is 2.17. The zero-order valence-corrected chi connectivity index (χ0v) is 8.10. The second-order valence-electron chi connectivity index (χ2n) is 3.40. The number of anilines is 1. The maximum absolute atomic E-state index is 11.1. The lowest BCUT2D eigenvalue weighted by Crippen LogP contribution is -2.39. The van der Waals surface area contributed by atoms with Gasteiger partial charge in [0.25, 0.3) is 5.91 Å². The Balaban J connectivity index is 2.23. The number of carbonyl (C=O) groups excluding carboxylic acids is 1. The second-order valence-corrected chi connectivity index (χ2v) is 3.40. The maximum atomic E-state index is 11.1. The minimum absolute atomic E-state index is 0.00623. The number of ether oxygens (including phenoxy) is 2. The number of amides is 1. The quantitative estimate of drug-likeness (QED) is 0.692. The molecule has 0 aromatic heterocycles. The minimum Gasteiger partial charge on any atom is -0.485 e. The van der Waals surface area contributed by atoms with E-state index in [4.69, 9.17) is 20.9 Å². The molecule has 0 radical (unpaired) electrons. The molecular formula is C10H12N2O3. The van der Waals surface area contributed by atoms with Crippen LogP contribution < -0.4 is 16.2 Å². The van der Waals surface area contributed by atoms with Crippen molar-refractivity contribution in [2.45, 2.75) is 6.10 Å². The number of hydrogen-bond acceptors (Lipinski definition) is 4. The van der Waals surface area contributed by atoms with E-state index in [1.54, 1.807) is 12.1 Å². The predicted octanol–water partition coefficient (Wildman–Crippen LogP) is 0.145. The van der Waals surface area contributed by atoms with E-state index < -0.39 is 5.91 Å². The van der Waals surface area contributed by atoms with Gasteiger partial charge in [0.2, 0.25) is 0 Å². The normalized spacial score (nSPS) is 15.7. The number of primary amides is 1. The highest BCUT2D eigenvalue weighted by atomic mass is 16.6. The van der Waals surface area contributed by atoms with Gasteiger partial charge in [-0.3, -0.25) is 4.79 Å². The first kappa shape index (κ1) is 9.79. The molecule has 80 valence electrons. The van der Waals surface area contributed by atoms with Gasteiger partial charge in [-0.05, 0) is 18.2 Å². The van der Waals surface area contributed by atoms with Gasteiger partial charge in [-0.1, -0.05) is 0 Å². The Kier molecular flexibility index (Phi) is 2.47. The molecule has 1 aromatic carbocycles. The van der Waals surface area contributed by atoms with E-state index in [2.05, 4.69) is 0 Å². The average Bonchev–Trinajstić information content (AvgIpc) is 2.12. The molecule has 0 bridgehead atoms. The van der Waals surface area contributed by atoms with Crippen LogP contribution in [0.15, 0.2) is 18.2 Å². The standard InChI is InChI=1S/C10H12N2O3/c11-6-1-2-9(8(3-6)10(12)13)15-7-4-14-5-7/h1-3,7H,4-5,11H2,(H2,12,13). The van der Waals surface area contributed by atoms with Crippen molar-refractivity contribution in [1.82, 2.24) is 0 Å². The molecule has 15 heavy (non-hydrogen) atoms. The van der Waals surface area contributed by atoms with Crippen molar-refractivity contribution in [1.29, 1.82) is 0 Å². The van der Waals surface area contributed by atoms with Gasteiger partial charge in [0.15, 0.2) is 0 Å².